The second-order valence-corrected chi connectivity index (χ2v) is 4.09. The molecule has 0 aliphatic rings. The molecule has 0 fully saturated rings. The maximum atomic E-state index is 9.56. The molecule has 82 valence electrons. The maximum absolute atomic E-state index is 9.56. The average molecular weight is 234 g/mol. The average Bonchev–Trinajstić information content (AvgIpc) is 2.26. The van der Waals surface area contributed by atoms with Crippen LogP contribution in [0.25, 0.3) is 11.1 Å². The van der Waals surface area contributed by atoms with Crippen molar-refractivity contribution in [3.05, 3.63) is 47.0 Å². The standard InChI is InChI=1S/C13H12ClNO/c1-8-10(3-2-4-11(8)14)9-5-6-12(15)13(16)7-9/h2-7,16H,15H2,1H3. The van der Waals surface area contributed by atoms with Crippen LogP contribution in [-0.2, 0) is 0 Å². The summed E-state index contributed by atoms with van der Waals surface area (Å²) in [7, 11) is 0. The Bertz CT molecular complexity index is 537. The van der Waals surface area contributed by atoms with E-state index in [-0.39, 0.29) is 5.75 Å². The number of aromatic hydroxyl groups is 1. The smallest absolute Gasteiger partial charge is 0.139 e. The van der Waals surface area contributed by atoms with Crippen molar-refractivity contribution in [1.29, 1.82) is 0 Å². The lowest BCUT2D eigenvalue weighted by Gasteiger charge is -2.08. The minimum Gasteiger partial charge on any atom is -0.506 e. The Balaban J connectivity index is 2.59. The number of anilines is 1. The molecule has 0 heterocycles. The van der Waals surface area contributed by atoms with Crippen LogP contribution in [0.5, 0.6) is 5.75 Å². The predicted octanol–water partition coefficient (Wildman–Crippen LogP) is 3.60. The first kappa shape index (κ1) is 10.8. The monoisotopic (exact) mass is 233 g/mol. The van der Waals surface area contributed by atoms with Crippen LogP contribution in [0.1, 0.15) is 5.56 Å². The van der Waals surface area contributed by atoms with E-state index >= 15 is 0 Å². The van der Waals surface area contributed by atoms with E-state index in [4.69, 9.17) is 17.3 Å². The van der Waals surface area contributed by atoms with Gasteiger partial charge in [0.15, 0.2) is 0 Å². The molecule has 16 heavy (non-hydrogen) atoms. The molecule has 0 amide bonds. The van der Waals surface area contributed by atoms with Gasteiger partial charge in [-0.05, 0) is 41.8 Å². The molecule has 0 saturated carbocycles. The van der Waals surface area contributed by atoms with Crippen LogP contribution >= 0.6 is 11.6 Å². The first-order valence-corrected chi connectivity index (χ1v) is 5.31. The van der Waals surface area contributed by atoms with Gasteiger partial charge >= 0.3 is 0 Å². The van der Waals surface area contributed by atoms with Crippen LogP contribution in [0.3, 0.4) is 0 Å². The quantitative estimate of drug-likeness (QED) is 0.584. The summed E-state index contributed by atoms with van der Waals surface area (Å²) in [6.07, 6.45) is 0. The molecule has 0 aliphatic carbocycles. The van der Waals surface area contributed by atoms with Gasteiger partial charge in [0.25, 0.3) is 0 Å². The molecule has 0 saturated heterocycles. The number of benzene rings is 2. The molecule has 3 N–H and O–H groups in total. The van der Waals surface area contributed by atoms with Crippen molar-refractivity contribution in [2.45, 2.75) is 6.92 Å². The first-order chi connectivity index (χ1) is 7.59. The molecule has 0 bridgehead atoms. The Morgan fingerprint density at radius 2 is 1.94 bits per heavy atom. The van der Waals surface area contributed by atoms with E-state index in [0.717, 1.165) is 16.7 Å². The SMILES string of the molecule is Cc1c(Cl)cccc1-c1ccc(N)c(O)c1. The van der Waals surface area contributed by atoms with E-state index in [1.165, 1.54) is 0 Å². The highest BCUT2D eigenvalue weighted by Crippen LogP contribution is 2.32. The van der Waals surface area contributed by atoms with Crippen LogP contribution < -0.4 is 5.73 Å². The van der Waals surface area contributed by atoms with E-state index < -0.39 is 0 Å². The van der Waals surface area contributed by atoms with E-state index in [1.807, 2.05) is 31.2 Å². The van der Waals surface area contributed by atoms with Crippen molar-refractivity contribution >= 4 is 17.3 Å². The summed E-state index contributed by atoms with van der Waals surface area (Å²) >= 11 is 6.05. The number of nitrogen functional groups attached to an aromatic ring is 1. The van der Waals surface area contributed by atoms with Crippen molar-refractivity contribution < 1.29 is 5.11 Å². The molecule has 2 aromatic rings. The molecule has 0 unspecified atom stereocenters. The van der Waals surface area contributed by atoms with Gasteiger partial charge < -0.3 is 10.8 Å². The zero-order valence-electron chi connectivity index (χ0n) is 8.87. The third kappa shape index (κ3) is 1.84. The van der Waals surface area contributed by atoms with Gasteiger partial charge in [-0.1, -0.05) is 29.8 Å². The molecule has 3 heteroatoms. The molecule has 0 radical (unpaired) electrons. The Labute approximate surface area is 99.3 Å². The zero-order chi connectivity index (χ0) is 11.7. The molecular formula is C13H12ClNO. The fourth-order valence-electron chi connectivity index (χ4n) is 1.63. The van der Waals surface area contributed by atoms with Gasteiger partial charge in [0, 0.05) is 5.02 Å². The third-order valence-electron chi connectivity index (χ3n) is 2.61. The summed E-state index contributed by atoms with van der Waals surface area (Å²) in [6, 6.07) is 10.9. The Hall–Kier alpha value is -1.67. The number of phenols is 1. The minimum atomic E-state index is 0.0943. The topological polar surface area (TPSA) is 46.2 Å². The van der Waals surface area contributed by atoms with Gasteiger partial charge in [-0.2, -0.15) is 0 Å². The van der Waals surface area contributed by atoms with Crippen molar-refractivity contribution in [2.24, 2.45) is 0 Å². The van der Waals surface area contributed by atoms with Crippen molar-refractivity contribution in [1.82, 2.24) is 0 Å². The molecule has 2 nitrogen and oxygen atoms in total. The molecule has 0 aliphatic heterocycles. The molecule has 2 aromatic carbocycles. The fraction of sp³-hybridized carbons (Fsp3) is 0.0769. The van der Waals surface area contributed by atoms with E-state index in [9.17, 15) is 5.11 Å². The number of rotatable bonds is 1. The Kier molecular flexibility index (Phi) is 2.75. The molecular weight excluding hydrogens is 222 g/mol. The first-order valence-electron chi connectivity index (χ1n) is 4.93. The predicted molar refractivity (Wildman–Crippen MR) is 67.7 cm³/mol. The second-order valence-electron chi connectivity index (χ2n) is 3.69. The maximum Gasteiger partial charge on any atom is 0.139 e. The van der Waals surface area contributed by atoms with Gasteiger partial charge in [0.05, 0.1) is 5.69 Å². The van der Waals surface area contributed by atoms with Gasteiger partial charge in [-0.15, -0.1) is 0 Å². The van der Waals surface area contributed by atoms with Crippen molar-refractivity contribution in [3.8, 4) is 16.9 Å². The van der Waals surface area contributed by atoms with Crippen LogP contribution in [0.2, 0.25) is 5.02 Å². The van der Waals surface area contributed by atoms with Crippen LogP contribution in [0, 0.1) is 6.92 Å². The Morgan fingerprint density at radius 3 is 2.62 bits per heavy atom. The van der Waals surface area contributed by atoms with Crippen molar-refractivity contribution in [2.75, 3.05) is 5.73 Å². The van der Waals surface area contributed by atoms with Crippen LogP contribution in [-0.4, -0.2) is 5.11 Å². The highest BCUT2D eigenvalue weighted by molar-refractivity contribution is 6.31. The lowest BCUT2D eigenvalue weighted by molar-refractivity contribution is 0.478. The Morgan fingerprint density at radius 1 is 1.19 bits per heavy atom. The van der Waals surface area contributed by atoms with Gasteiger partial charge in [-0.25, -0.2) is 0 Å². The minimum absolute atomic E-state index is 0.0943. The molecule has 2 rings (SSSR count). The summed E-state index contributed by atoms with van der Waals surface area (Å²) in [5.74, 6) is 0.0943. The van der Waals surface area contributed by atoms with Crippen LogP contribution in [0.4, 0.5) is 5.69 Å². The van der Waals surface area contributed by atoms with E-state index in [1.54, 1.807) is 12.1 Å². The van der Waals surface area contributed by atoms with E-state index in [0.29, 0.717) is 10.7 Å². The lowest BCUT2D eigenvalue weighted by atomic mass is 10.00. The van der Waals surface area contributed by atoms with Gasteiger partial charge in [0.2, 0.25) is 0 Å². The highest BCUT2D eigenvalue weighted by Gasteiger charge is 2.06. The highest BCUT2D eigenvalue weighted by atomic mass is 35.5. The summed E-state index contributed by atoms with van der Waals surface area (Å²) in [6.45, 7) is 1.95. The number of phenolic OH excluding ortho intramolecular Hbond substituents is 1. The zero-order valence-corrected chi connectivity index (χ0v) is 9.62. The number of halogens is 1. The fourth-order valence-corrected chi connectivity index (χ4v) is 1.81. The van der Waals surface area contributed by atoms with Gasteiger partial charge in [-0.3, -0.25) is 0 Å². The van der Waals surface area contributed by atoms with E-state index in [2.05, 4.69) is 0 Å². The summed E-state index contributed by atoms with van der Waals surface area (Å²) < 4.78 is 0. The largest absolute Gasteiger partial charge is 0.506 e. The third-order valence-corrected chi connectivity index (χ3v) is 3.02. The summed E-state index contributed by atoms with van der Waals surface area (Å²) in [5.41, 5.74) is 8.84. The van der Waals surface area contributed by atoms with Crippen LogP contribution in [0.15, 0.2) is 36.4 Å². The molecule has 0 aromatic heterocycles. The van der Waals surface area contributed by atoms with Gasteiger partial charge in [0.1, 0.15) is 5.75 Å². The second kappa shape index (κ2) is 4.06. The summed E-state index contributed by atoms with van der Waals surface area (Å²) in [4.78, 5) is 0. The number of nitrogens with two attached hydrogens (primary N) is 1. The number of hydrogen-bond acceptors (Lipinski definition) is 2. The number of hydrogen-bond donors (Lipinski definition) is 2. The normalized spacial score (nSPS) is 10.4. The molecule has 0 atom stereocenters. The molecule has 0 spiro atoms. The lowest BCUT2D eigenvalue weighted by Crippen LogP contribution is -1.88. The summed E-state index contributed by atoms with van der Waals surface area (Å²) in [5, 5.41) is 10.3. The van der Waals surface area contributed by atoms with Crippen molar-refractivity contribution in [3.63, 3.8) is 0 Å².